The first-order valence-corrected chi connectivity index (χ1v) is 10.4. The molecule has 0 aromatic carbocycles. The van der Waals surface area contributed by atoms with Crippen LogP contribution in [0, 0.1) is 5.95 Å². The fourth-order valence-corrected chi connectivity index (χ4v) is 4.35. The van der Waals surface area contributed by atoms with Crippen LogP contribution in [0.5, 0.6) is 0 Å². The minimum atomic E-state index is -4.43. The highest BCUT2D eigenvalue weighted by atomic mass is 19.4. The van der Waals surface area contributed by atoms with Gasteiger partial charge in [-0.05, 0) is 36.0 Å². The molecule has 0 spiro atoms. The van der Waals surface area contributed by atoms with Crippen molar-refractivity contribution in [1.82, 2.24) is 39.3 Å². The maximum atomic E-state index is 14.4. The molecule has 2 atom stereocenters. The molecular weight excluding hydrogens is 472 g/mol. The van der Waals surface area contributed by atoms with Gasteiger partial charge in [0.25, 0.3) is 5.56 Å². The zero-order chi connectivity index (χ0) is 24.5. The summed E-state index contributed by atoms with van der Waals surface area (Å²) in [6, 6.07) is 3.24. The van der Waals surface area contributed by atoms with E-state index < -0.39 is 29.9 Å². The lowest BCUT2D eigenvalue weighted by Crippen LogP contribution is -2.23. The average molecular weight is 486 g/mol. The van der Waals surface area contributed by atoms with Crippen LogP contribution in [0.3, 0.4) is 0 Å². The van der Waals surface area contributed by atoms with E-state index in [1.807, 2.05) is 0 Å². The lowest BCUT2D eigenvalue weighted by Gasteiger charge is -2.09. The second-order valence-corrected chi connectivity index (χ2v) is 8.33. The first-order valence-electron chi connectivity index (χ1n) is 10.4. The SMILES string of the molecule is O=c1[nH]cc(-c2cc([C@H]3C[C@@H]3c3cnc4cnn(CC(F)(F)F)c4c3)c3ncc(F)n3n2)c(=O)[nH]1. The van der Waals surface area contributed by atoms with Crippen LogP contribution in [-0.2, 0) is 6.54 Å². The van der Waals surface area contributed by atoms with Gasteiger partial charge in [-0.2, -0.15) is 32.3 Å². The molecule has 0 bridgehead atoms. The average Bonchev–Trinajstić information content (AvgIpc) is 3.38. The Hall–Kier alpha value is -4.36. The third-order valence-electron chi connectivity index (χ3n) is 6.01. The van der Waals surface area contributed by atoms with E-state index in [0.29, 0.717) is 23.1 Å². The molecule has 5 heterocycles. The Morgan fingerprint density at radius 2 is 1.91 bits per heavy atom. The number of nitrogens with zero attached hydrogens (tertiary/aromatic N) is 6. The van der Waals surface area contributed by atoms with Crippen LogP contribution in [0.2, 0.25) is 0 Å². The highest BCUT2D eigenvalue weighted by Crippen LogP contribution is 2.55. The van der Waals surface area contributed by atoms with Gasteiger partial charge in [-0.3, -0.25) is 19.4 Å². The van der Waals surface area contributed by atoms with E-state index in [1.54, 1.807) is 18.3 Å². The molecule has 35 heavy (non-hydrogen) atoms. The van der Waals surface area contributed by atoms with Crippen molar-refractivity contribution >= 4 is 16.7 Å². The summed E-state index contributed by atoms with van der Waals surface area (Å²) in [4.78, 5) is 36.5. The first-order chi connectivity index (χ1) is 16.7. The molecule has 0 saturated heterocycles. The van der Waals surface area contributed by atoms with Crippen molar-refractivity contribution in [3.05, 3.63) is 74.8 Å². The van der Waals surface area contributed by atoms with Crippen molar-refractivity contribution in [2.45, 2.75) is 31.0 Å². The Morgan fingerprint density at radius 3 is 2.69 bits per heavy atom. The molecule has 5 aromatic rings. The Morgan fingerprint density at radius 1 is 1.09 bits per heavy atom. The van der Waals surface area contributed by atoms with Crippen molar-refractivity contribution in [3.63, 3.8) is 0 Å². The summed E-state index contributed by atoms with van der Waals surface area (Å²) in [5, 5.41) is 7.95. The number of hydrogen-bond donors (Lipinski definition) is 2. The smallest absolute Gasteiger partial charge is 0.313 e. The van der Waals surface area contributed by atoms with Gasteiger partial charge in [-0.15, -0.1) is 0 Å². The molecule has 0 unspecified atom stereocenters. The molecule has 0 amide bonds. The predicted octanol–water partition coefficient (Wildman–Crippen LogP) is 2.49. The molecule has 1 saturated carbocycles. The highest BCUT2D eigenvalue weighted by Gasteiger charge is 2.42. The third-order valence-corrected chi connectivity index (χ3v) is 6.01. The normalized spacial score (nSPS) is 17.9. The molecule has 1 aliphatic rings. The van der Waals surface area contributed by atoms with Gasteiger partial charge >= 0.3 is 11.9 Å². The summed E-state index contributed by atoms with van der Waals surface area (Å²) in [5.74, 6) is -1.02. The number of aromatic amines is 2. The van der Waals surface area contributed by atoms with Gasteiger partial charge in [0.05, 0.1) is 29.2 Å². The number of nitrogens with one attached hydrogen (secondary N) is 2. The maximum Gasteiger partial charge on any atom is 0.408 e. The van der Waals surface area contributed by atoms with Crippen LogP contribution in [0.4, 0.5) is 17.6 Å². The third kappa shape index (κ3) is 3.66. The van der Waals surface area contributed by atoms with E-state index in [2.05, 4.69) is 30.1 Å². The number of halogens is 4. The number of H-pyrrole nitrogens is 2. The summed E-state index contributed by atoms with van der Waals surface area (Å²) in [5.41, 5.74) is 0.970. The van der Waals surface area contributed by atoms with Crippen molar-refractivity contribution in [2.24, 2.45) is 0 Å². The Balaban J connectivity index is 1.41. The number of pyridine rings is 1. The summed E-state index contributed by atoms with van der Waals surface area (Å²) >= 11 is 0. The van der Waals surface area contributed by atoms with E-state index in [-0.39, 0.29) is 34.3 Å². The van der Waals surface area contributed by atoms with E-state index in [4.69, 9.17) is 0 Å². The molecule has 14 heteroatoms. The van der Waals surface area contributed by atoms with Crippen LogP contribution in [-0.4, -0.2) is 45.5 Å². The summed E-state index contributed by atoms with van der Waals surface area (Å²) in [7, 11) is 0. The molecular formula is C21H14F4N8O2. The van der Waals surface area contributed by atoms with E-state index >= 15 is 0 Å². The maximum absolute atomic E-state index is 14.4. The molecule has 0 radical (unpaired) electrons. The van der Waals surface area contributed by atoms with Crippen LogP contribution in [0.1, 0.15) is 29.4 Å². The molecule has 10 nitrogen and oxygen atoms in total. The first kappa shape index (κ1) is 21.2. The standard InChI is InChI=1S/C21H14F4N8O2/c22-17-7-27-18-12(3-14(31-33(17)18)13-5-28-20(35)30-19(13)34)11-2-10(11)9-1-16-15(26-4-9)6-29-32(16)8-21(23,24)25/h1,3-7,10-11H,2,8H2,(H2,28,30,34,35)/t10-,11+/m1/s1. The fraction of sp³-hybridized carbons (Fsp3) is 0.238. The molecule has 0 aliphatic heterocycles. The Labute approximate surface area is 191 Å². The van der Waals surface area contributed by atoms with Gasteiger partial charge in [-0.1, -0.05) is 0 Å². The van der Waals surface area contributed by atoms with Gasteiger partial charge in [0, 0.05) is 18.0 Å². The van der Waals surface area contributed by atoms with Gasteiger partial charge in [0.1, 0.15) is 12.1 Å². The van der Waals surface area contributed by atoms with Gasteiger partial charge in [-0.25, -0.2) is 9.78 Å². The summed E-state index contributed by atoms with van der Waals surface area (Å²) in [6.45, 7) is -1.23. The van der Waals surface area contributed by atoms with Crippen molar-refractivity contribution in [2.75, 3.05) is 0 Å². The van der Waals surface area contributed by atoms with Gasteiger partial charge in [0.2, 0.25) is 5.95 Å². The largest absolute Gasteiger partial charge is 0.408 e. The molecule has 6 rings (SSSR count). The number of rotatable bonds is 4. The Kier molecular flexibility index (Phi) is 4.43. The number of aromatic nitrogens is 8. The molecule has 5 aromatic heterocycles. The zero-order valence-electron chi connectivity index (χ0n) is 17.5. The van der Waals surface area contributed by atoms with Gasteiger partial charge in [0.15, 0.2) is 5.65 Å². The molecule has 1 aliphatic carbocycles. The summed E-state index contributed by atoms with van der Waals surface area (Å²) in [6.07, 6.45) is 1.25. The molecule has 2 N–H and O–H groups in total. The van der Waals surface area contributed by atoms with E-state index in [0.717, 1.165) is 15.4 Å². The van der Waals surface area contributed by atoms with Crippen LogP contribution >= 0.6 is 0 Å². The van der Waals surface area contributed by atoms with E-state index in [9.17, 15) is 27.2 Å². The molecule has 1 fully saturated rings. The van der Waals surface area contributed by atoms with Crippen molar-refractivity contribution in [1.29, 1.82) is 0 Å². The quantitative estimate of drug-likeness (QED) is 0.376. The van der Waals surface area contributed by atoms with Crippen LogP contribution in [0.15, 0.2) is 46.5 Å². The summed E-state index contributed by atoms with van der Waals surface area (Å²) < 4.78 is 55.0. The predicted molar refractivity (Wildman–Crippen MR) is 113 cm³/mol. The number of hydrogen-bond acceptors (Lipinski definition) is 6. The lowest BCUT2D eigenvalue weighted by atomic mass is 10.0. The highest BCUT2D eigenvalue weighted by molar-refractivity contribution is 5.75. The second-order valence-electron chi connectivity index (χ2n) is 8.33. The minimum absolute atomic E-state index is 0.0391. The molecule has 178 valence electrons. The Bertz CT molecular complexity index is 1730. The monoisotopic (exact) mass is 486 g/mol. The number of fused-ring (bicyclic) bond motifs is 2. The minimum Gasteiger partial charge on any atom is -0.313 e. The van der Waals surface area contributed by atoms with Crippen LogP contribution < -0.4 is 11.2 Å². The topological polar surface area (TPSA) is 127 Å². The van der Waals surface area contributed by atoms with Crippen molar-refractivity contribution in [3.8, 4) is 11.3 Å². The fourth-order valence-electron chi connectivity index (χ4n) is 4.35. The second kappa shape index (κ2) is 7.32. The number of alkyl halides is 3. The lowest BCUT2D eigenvalue weighted by molar-refractivity contribution is -0.141. The van der Waals surface area contributed by atoms with Crippen LogP contribution in [0.25, 0.3) is 27.9 Å². The van der Waals surface area contributed by atoms with E-state index in [1.165, 1.54) is 12.4 Å². The van der Waals surface area contributed by atoms with Gasteiger partial charge < -0.3 is 4.98 Å². The zero-order valence-corrected chi connectivity index (χ0v) is 17.5. The van der Waals surface area contributed by atoms with Crippen molar-refractivity contribution < 1.29 is 17.6 Å². The number of imidazole rings is 1.